The van der Waals surface area contributed by atoms with Crippen LogP contribution in [0.1, 0.15) is 12.8 Å². The summed E-state index contributed by atoms with van der Waals surface area (Å²) in [5, 5.41) is 6.38. The Labute approximate surface area is 160 Å². The van der Waals surface area contributed by atoms with Gasteiger partial charge in [0, 0.05) is 19.2 Å². The molecule has 2 aromatic rings. The third-order valence-electron chi connectivity index (χ3n) is 4.86. The predicted octanol–water partition coefficient (Wildman–Crippen LogP) is 1.83. The highest BCUT2D eigenvalue weighted by molar-refractivity contribution is 7.91. The minimum absolute atomic E-state index is 0.225. The van der Waals surface area contributed by atoms with E-state index in [1.165, 1.54) is 16.6 Å². The van der Waals surface area contributed by atoms with E-state index in [2.05, 4.69) is 17.1 Å². The van der Waals surface area contributed by atoms with Crippen molar-refractivity contribution in [3.63, 3.8) is 0 Å². The van der Waals surface area contributed by atoms with Gasteiger partial charge in [0.1, 0.15) is 10.4 Å². The van der Waals surface area contributed by atoms with Crippen molar-refractivity contribution in [2.75, 3.05) is 13.1 Å². The lowest BCUT2D eigenvalue weighted by atomic mass is 9.94. The van der Waals surface area contributed by atoms with Crippen molar-refractivity contribution >= 4 is 27.3 Å². The van der Waals surface area contributed by atoms with Crippen LogP contribution in [-0.4, -0.2) is 49.2 Å². The second kappa shape index (κ2) is 7.19. The molecule has 1 amide bonds. The molecule has 8 nitrogen and oxygen atoms in total. The molecule has 2 aromatic heterocycles. The first-order valence-corrected chi connectivity index (χ1v) is 10.8. The van der Waals surface area contributed by atoms with Gasteiger partial charge in [0.25, 0.3) is 10.0 Å². The number of hydrogen-bond acceptors (Lipinski definition) is 7. The van der Waals surface area contributed by atoms with E-state index >= 15 is 0 Å². The zero-order valence-corrected chi connectivity index (χ0v) is 16.0. The van der Waals surface area contributed by atoms with Gasteiger partial charge in [0.2, 0.25) is 5.91 Å². The lowest BCUT2D eigenvalue weighted by Gasteiger charge is -2.32. The van der Waals surface area contributed by atoms with Gasteiger partial charge in [-0.3, -0.25) is 4.79 Å². The zero-order chi connectivity index (χ0) is 19.0. The lowest BCUT2D eigenvalue weighted by molar-refractivity contribution is -0.120. The van der Waals surface area contributed by atoms with Gasteiger partial charge < -0.3 is 14.6 Å². The summed E-state index contributed by atoms with van der Waals surface area (Å²) in [4.78, 5) is 12.2. The molecule has 27 heavy (non-hydrogen) atoms. The highest BCUT2D eigenvalue weighted by Crippen LogP contribution is 2.37. The van der Waals surface area contributed by atoms with Gasteiger partial charge in [0.05, 0.1) is 17.2 Å². The molecule has 4 rings (SSSR count). The molecule has 2 aliphatic heterocycles. The number of fused-ring (bicyclic) bond motifs is 1. The fourth-order valence-corrected chi connectivity index (χ4v) is 6.38. The molecule has 2 fully saturated rings. The molecule has 144 valence electrons. The minimum atomic E-state index is -3.61. The summed E-state index contributed by atoms with van der Waals surface area (Å²) in [5.41, 5.74) is 0. The Kier molecular flexibility index (Phi) is 4.89. The molecule has 2 aliphatic rings. The second-order valence-electron chi connectivity index (χ2n) is 6.52. The molecule has 3 unspecified atom stereocenters. The van der Waals surface area contributed by atoms with Crippen LogP contribution in [0.25, 0.3) is 10.6 Å². The number of sulfonamides is 1. The molecule has 0 saturated carbocycles. The van der Waals surface area contributed by atoms with E-state index in [1.807, 2.05) is 0 Å². The van der Waals surface area contributed by atoms with E-state index in [0.717, 1.165) is 11.3 Å². The van der Waals surface area contributed by atoms with Crippen LogP contribution in [0, 0.1) is 5.92 Å². The predicted molar refractivity (Wildman–Crippen MR) is 98.3 cm³/mol. The second-order valence-corrected chi connectivity index (χ2v) is 9.77. The Morgan fingerprint density at radius 2 is 2.26 bits per heavy atom. The average Bonchev–Trinajstić information content (AvgIpc) is 3.39. The van der Waals surface area contributed by atoms with Crippen LogP contribution in [0.4, 0.5) is 0 Å². The number of nitrogens with one attached hydrogen (secondary N) is 1. The summed E-state index contributed by atoms with van der Waals surface area (Å²) in [5.74, 6) is 0.487. The van der Waals surface area contributed by atoms with Gasteiger partial charge in [-0.1, -0.05) is 11.7 Å². The van der Waals surface area contributed by atoms with Gasteiger partial charge in [-0.15, -0.1) is 11.3 Å². The van der Waals surface area contributed by atoms with Gasteiger partial charge in [-0.2, -0.15) is 4.31 Å². The fraction of sp³-hybridized carbons (Fsp3) is 0.412. The van der Waals surface area contributed by atoms with Crippen LogP contribution < -0.4 is 5.32 Å². The third kappa shape index (κ3) is 3.57. The van der Waals surface area contributed by atoms with Gasteiger partial charge in [-0.05, 0) is 37.0 Å². The van der Waals surface area contributed by atoms with E-state index in [1.54, 1.807) is 18.2 Å². The molecular formula is C17H19N3O5S2. The summed E-state index contributed by atoms with van der Waals surface area (Å²) >= 11 is 1.16. The molecule has 1 N–H and O–H groups in total. The Balaban J connectivity index is 1.46. The number of carbonyl (C=O) groups excluding carboxylic acids is 1. The number of hydrogen-bond donors (Lipinski definition) is 1. The van der Waals surface area contributed by atoms with Gasteiger partial charge in [-0.25, -0.2) is 8.42 Å². The Bertz CT molecular complexity index is 938. The van der Waals surface area contributed by atoms with Crippen molar-refractivity contribution in [1.82, 2.24) is 14.8 Å². The largest absolute Gasteiger partial charge is 0.355 e. The molecule has 4 heterocycles. The molecule has 0 spiro atoms. The number of aromatic nitrogens is 1. The highest BCUT2D eigenvalue weighted by atomic mass is 32.2. The molecule has 10 heteroatoms. The van der Waals surface area contributed by atoms with Crippen molar-refractivity contribution in [1.29, 1.82) is 0 Å². The summed E-state index contributed by atoms with van der Waals surface area (Å²) in [7, 11) is -3.61. The van der Waals surface area contributed by atoms with Crippen molar-refractivity contribution < 1.29 is 22.5 Å². The number of thiophene rings is 1. The number of rotatable bonds is 5. The van der Waals surface area contributed by atoms with Crippen molar-refractivity contribution in [2.45, 2.75) is 29.4 Å². The van der Waals surface area contributed by atoms with E-state index in [0.29, 0.717) is 30.0 Å². The first-order valence-electron chi connectivity index (χ1n) is 8.57. The minimum Gasteiger partial charge on any atom is -0.355 e. The number of carbonyl (C=O) groups is 1. The van der Waals surface area contributed by atoms with E-state index in [9.17, 15) is 13.2 Å². The molecule has 0 aromatic carbocycles. The van der Waals surface area contributed by atoms with Crippen molar-refractivity contribution in [3.8, 4) is 10.6 Å². The number of nitrogens with zero attached hydrogens (tertiary/aromatic N) is 2. The standard InChI is InChI=1S/C17H19N3O5S2/c1-2-15(21)19-16-9-11-6-8-20(10-13(11)24-16)27(22,23)17-4-3-14(26-17)12-5-7-18-25-12/h2-5,7,11,13,16H,1,6,8-10H2,(H,19,21). The summed E-state index contributed by atoms with van der Waals surface area (Å²) < 4.78 is 38.7. The maximum Gasteiger partial charge on any atom is 0.252 e. The Hall–Kier alpha value is -2.01. The SMILES string of the molecule is C=CC(=O)NC1CC2CCN(S(=O)(=O)c3ccc(-c4ccno4)s3)CC2O1. The number of piperidine rings is 1. The van der Waals surface area contributed by atoms with Crippen LogP contribution in [0.5, 0.6) is 0 Å². The zero-order valence-electron chi connectivity index (χ0n) is 14.4. The first-order chi connectivity index (χ1) is 13.0. The third-order valence-corrected chi connectivity index (χ3v) is 8.29. The summed E-state index contributed by atoms with van der Waals surface area (Å²) in [6.45, 7) is 4.14. The summed E-state index contributed by atoms with van der Waals surface area (Å²) in [6.07, 6.45) is 3.49. The van der Waals surface area contributed by atoms with E-state index in [-0.39, 0.29) is 28.7 Å². The van der Waals surface area contributed by atoms with Gasteiger partial charge >= 0.3 is 0 Å². The molecular weight excluding hydrogens is 390 g/mol. The molecule has 3 atom stereocenters. The summed E-state index contributed by atoms with van der Waals surface area (Å²) in [6, 6.07) is 5.00. The molecule has 0 radical (unpaired) electrons. The molecule has 0 bridgehead atoms. The highest BCUT2D eigenvalue weighted by Gasteiger charge is 2.43. The maximum absolute atomic E-state index is 13.0. The van der Waals surface area contributed by atoms with Crippen molar-refractivity contribution in [3.05, 3.63) is 37.1 Å². The van der Waals surface area contributed by atoms with Crippen molar-refractivity contribution in [2.24, 2.45) is 5.92 Å². The van der Waals surface area contributed by atoms with Crippen LogP contribution in [0.3, 0.4) is 0 Å². The molecule has 2 saturated heterocycles. The normalized spacial score (nSPS) is 25.9. The molecule has 0 aliphatic carbocycles. The quantitative estimate of drug-likeness (QED) is 0.756. The van der Waals surface area contributed by atoms with Crippen LogP contribution in [-0.2, 0) is 19.6 Å². The topological polar surface area (TPSA) is 102 Å². The van der Waals surface area contributed by atoms with E-state index < -0.39 is 16.3 Å². The average molecular weight is 409 g/mol. The monoisotopic (exact) mass is 409 g/mol. The van der Waals surface area contributed by atoms with Crippen LogP contribution in [0.2, 0.25) is 0 Å². The smallest absolute Gasteiger partial charge is 0.252 e. The lowest BCUT2D eigenvalue weighted by Crippen LogP contribution is -2.45. The Morgan fingerprint density at radius 3 is 3.00 bits per heavy atom. The number of ether oxygens (including phenoxy) is 1. The van der Waals surface area contributed by atoms with Crippen LogP contribution in [0.15, 0.2) is 45.8 Å². The van der Waals surface area contributed by atoms with E-state index in [4.69, 9.17) is 9.26 Å². The Morgan fingerprint density at radius 1 is 1.41 bits per heavy atom. The van der Waals surface area contributed by atoms with Crippen LogP contribution >= 0.6 is 11.3 Å². The van der Waals surface area contributed by atoms with Gasteiger partial charge in [0.15, 0.2) is 5.76 Å². The number of amides is 1. The fourth-order valence-electron chi connectivity index (χ4n) is 3.49. The first kappa shape index (κ1) is 18.4. The maximum atomic E-state index is 13.0.